The van der Waals surface area contributed by atoms with Crippen molar-refractivity contribution in [2.75, 3.05) is 5.75 Å². The van der Waals surface area contributed by atoms with Gasteiger partial charge < -0.3 is 29.6 Å². The number of hydrogen-bond acceptors (Lipinski definition) is 7. The summed E-state index contributed by atoms with van der Waals surface area (Å²) in [6.45, 7) is 0.861. The summed E-state index contributed by atoms with van der Waals surface area (Å²) in [5, 5.41) is 16.1. The van der Waals surface area contributed by atoms with Crippen LogP contribution >= 0.6 is 11.8 Å². The Hall–Kier alpha value is -5.97. The number of hydrogen-bond donors (Lipinski definition) is 3. The number of amides is 2. The Morgan fingerprint density at radius 3 is 1.95 bits per heavy atom. The van der Waals surface area contributed by atoms with E-state index in [1.165, 1.54) is 11.8 Å². The van der Waals surface area contributed by atoms with Crippen LogP contribution in [0.25, 0.3) is 33.7 Å². The Labute approximate surface area is 336 Å². The third-order valence-corrected chi connectivity index (χ3v) is 10.9. The quantitative estimate of drug-likeness (QED) is 0.100. The van der Waals surface area contributed by atoms with Gasteiger partial charge in [-0.25, -0.2) is 9.78 Å². The molecule has 286 valence electrons. The third kappa shape index (κ3) is 9.71. The second-order valence-electron chi connectivity index (χ2n) is 13.9. The zero-order chi connectivity index (χ0) is 38.8. The lowest BCUT2D eigenvalue weighted by Crippen LogP contribution is -2.34. The monoisotopic (exact) mass is 773 g/mol. The van der Waals surface area contributed by atoms with Gasteiger partial charge in [0.15, 0.2) is 12.1 Å². The van der Waals surface area contributed by atoms with Crippen LogP contribution < -0.4 is 10.6 Å². The van der Waals surface area contributed by atoms with E-state index < -0.39 is 6.29 Å². The van der Waals surface area contributed by atoms with Gasteiger partial charge in [0.05, 0.1) is 18.8 Å². The molecule has 0 aliphatic carbocycles. The van der Waals surface area contributed by atoms with Gasteiger partial charge >= 0.3 is 6.03 Å². The Balaban J connectivity index is 0.965. The zero-order valence-corrected chi connectivity index (χ0v) is 32.1. The molecule has 3 N–H and O–H groups in total. The van der Waals surface area contributed by atoms with Gasteiger partial charge in [-0.05, 0) is 39.4 Å². The number of urea groups is 1. The average Bonchev–Trinajstić information content (AvgIpc) is 3.72. The lowest BCUT2D eigenvalue weighted by Gasteiger charge is -2.36. The number of nitrogens with one attached hydrogen (secondary N) is 2. The van der Waals surface area contributed by atoms with Crippen LogP contribution in [0.3, 0.4) is 0 Å². The number of carbonyl (C=O) groups is 1. The number of aliphatic hydroxyl groups excluding tert-OH is 1. The summed E-state index contributed by atoms with van der Waals surface area (Å²) < 4.78 is 19.7. The molecule has 1 aromatic heterocycles. The topological polar surface area (TPSA) is 106 Å². The molecule has 1 fully saturated rings. The molecule has 0 radical (unpaired) electrons. The summed E-state index contributed by atoms with van der Waals surface area (Å²) >= 11 is 1.54. The van der Waals surface area contributed by atoms with Crippen LogP contribution in [0, 0.1) is 0 Å². The number of thioether (sulfide) groups is 1. The highest BCUT2D eigenvalue weighted by Gasteiger charge is 2.33. The summed E-state index contributed by atoms with van der Waals surface area (Å²) in [7, 11) is 0. The van der Waals surface area contributed by atoms with Crippen molar-refractivity contribution in [3.8, 4) is 33.7 Å². The Morgan fingerprint density at radius 1 is 0.632 bits per heavy atom. The third-order valence-electron chi connectivity index (χ3n) is 9.89. The van der Waals surface area contributed by atoms with E-state index in [0.29, 0.717) is 30.5 Å². The molecule has 1 aliphatic heterocycles. The van der Waals surface area contributed by atoms with Gasteiger partial charge in [0, 0.05) is 42.0 Å². The molecule has 1 aliphatic rings. The molecule has 0 unspecified atom stereocenters. The molecule has 0 spiro atoms. The first-order valence-electron chi connectivity index (χ1n) is 19.1. The highest BCUT2D eigenvalue weighted by molar-refractivity contribution is 7.99. The average molecular weight is 774 g/mol. The maximum absolute atomic E-state index is 12.5. The first kappa shape index (κ1) is 37.9. The predicted molar refractivity (Wildman–Crippen MR) is 224 cm³/mol. The molecule has 2 heterocycles. The SMILES string of the molecule is O=C(NCc1ccccc1)NCc1cccc(-c2ccc([C@@H]3O[C@H](CSc4nc(-c5ccccc5)c(-c5ccccc5)o4)C[C@H](c4ccc(CO)cc4)O3)cc2)c1. The van der Waals surface area contributed by atoms with E-state index in [9.17, 15) is 9.90 Å². The Kier molecular flexibility index (Phi) is 12.2. The van der Waals surface area contributed by atoms with Crippen LogP contribution in [0.2, 0.25) is 0 Å². The minimum atomic E-state index is -0.602. The number of nitrogens with zero attached hydrogens (tertiary/aromatic N) is 1. The second-order valence-corrected chi connectivity index (χ2v) is 14.9. The van der Waals surface area contributed by atoms with Crippen LogP contribution in [-0.2, 0) is 29.2 Å². The van der Waals surface area contributed by atoms with E-state index in [4.69, 9.17) is 18.9 Å². The fourth-order valence-corrected chi connectivity index (χ4v) is 7.68. The largest absolute Gasteiger partial charge is 0.431 e. The van der Waals surface area contributed by atoms with E-state index in [-0.39, 0.29) is 24.8 Å². The highest BCUT2D eigenvalue weighted by atomic mass is 32.2. The van der Waals surface area contributed by atoms with Crippen molar-refractivity contribution in [3.63, 3.8) is 0 Å². The summed E-state index contributed by atoms with van der Waals surface area (Å²) in [5.41, 5.74) is 9.69. The maximum Gasteiger partial charge on any atom is 0.315 e. The molecule has 8 rings (SSSR count). The minimum absolute atomic E-state index is 0.0151. The van der Waals surface area contributed by atoms with Crippen LogP contribution in [0.5, 0.6) is 0 Å². The molecule has 0 bridgehead atoms. The number of rotatable bonds is 13. The molecular weight excluding hydrogens is 731 g/mol. The Morgan fingerprint density at radius 2 is 1.25 bits per heavy atom. The fourth-order valence-electron chi connectivity index (χ4n) is 6.84. The first-order valence-corrected chi connectivity index (χ1v) is 20.1. The number of ether oxygens (including phenoxy) is 2. The summed E-state index contributed by atoms with van der Waals surface area (Å²) in [6.07, 6.45) is -0.351. The van der Waals surface area contributed by atoms with Crippen molar-refractivity contribution in [3.05, 3.63) is 192 Å². The lowest BCUT2D eigenvalue weighted by atomic mass is 9.99. The molecule has 8 nitrogen and oxygen atoms in total. The molecule has 9 heteroatoms. The highest BCUT2D eigenvalue weighted by Crippen LogP contribution is 2.41. The van der Waals surface area contributed by atoms with Crippen LogP contribution in [0.4, 0.5) is 4.79 Å². The van der Waals surface area contributed by atoms with E-state index in [1.54, 1.807) is 0 Å². The van der Waals surface area contributed by atoms with Gasteiger partial charge in [-0.15, -0.1) is 0 Å². The van der Waals surface area contributed by atoms with Gasteiger partial charge in [0.2, 0.25) is 0 Å². The normalized spacial score (nSPS) is 16.5. The molecule has 57 heavy (non-hydrogen) atoms. The Bertz CT molecular complexity index is 2300. The fraction of sp³-hybridized carbons (Fsp3) is 0.167. The van der Waals surface area contributed by atoms with Gasteiger partial charge in [-0.1, -0.05) is 169 Å². The van der Waals surface area contributed by atoms with Crippen LogP contribution in [0.15, 0.2) is 173 Å². The van der Waals surface area contributed by atoms with Gasteiger partial charge in [-0.2, -0.15) is 0 Å². The van der Waals surface area contributed by atoms with Crippen molar-refractivity contribution >= 4 is 17.8 Å². The summed E-state index contributed by atoms with van der Waals surface area (Å²) in [6, 6.07) is 54.1. The van der Waals surface area contributed by atoms with E-state index in [2.05, 4.69) is 47.0 Å². The number of aliphatic hydroxyl groups is 1. The number of aromatic nitrogens is 1. The van der Waals surface area contributed by atoms with E-state index in [1.807, 2.05) is 127 Å². The van der Waals surface area contributed by atoms with Crippen molar-refractivity contribution in [2.45, 2.75) is 49.8 Å². The molecule has 6 aromatic carbocycles. The van der Waals surface area contributed by atoms with Crippen LogP contribution in [0.1, 0.15) is 46.6 Å². The van der Waals surface area contributed by atoms with Crippen molar-refractivity contribution < 1.29 is 23.8 Å². The molecule has 0 saturated carbocycles. The molecule has 3 atom stereocenters. The molecule has 2 amide bonds. The maximum atomic E-state index is 12.5. The number of benzene rings is 6. The van der Waals surface area contributed by atoms with E-state index >= 15 is 0 Å². The number of oxazole rings is 1. The molecule has 1 saturated heterocycles. The van der Waals surface area contributed by atoms with Gasteiger partial charge in [0.25, 0.3) is 5.22 Å². The van der Waals surface area contributed by atoms with E-state index in [0.717, 1.165) is 61.5 Å². The van der Waals surface area contributed by atoms with Crippen molar-refractivity contribution in [1.29, 1.82) is 0 Å². The molecule has 7 aromatic rings. The lowest BCUT2D eigenvalue weighted by molar-refractivity contribution is -0.245. The van der Waals surface area contributed by atoms with Crippen molar-refractivity contribution in [2.24, 2.45) is 0 Å². The summed E-state index contributed by atoms with van der Waals surface area (Å²) in [5.74, 6) is 1.35. The van der Waals surface area contributed by atoms with Crippen LogP contribution in [-0.4, -0.2) is 28.0 Å². The van der Waals surface area contributed by atoms with Gasteiger partial charge in [0.1, 0.15) is 5.69 Å². The minimum Gasteiger partial charge on any atom is -0.431 e. The molecular formula is C48H43N3O5S. The second kappa shape index (κ2) is 18.3. The predicted octanol–water partition coefficient (Wildman–Crippen LogP) is 10.5. The first-order chi connectivity index (χ1) is 28.1. The van der Waals surface area contributed by atoms with Gasteiger partial charge in [-0.3, -0.25) is 0 Å². The standard InChI is InChI=1S/C48H43N3O5S/c52-31-34-19-21-37(22-20-34)43-28-42(32-57-48-51-44(38-14-6-2-7-15-38)45(56-48)39-16-8-3-9-17-39)54-46(55-43)40-25-23-36(24-26-40)41-18-10-13-35(27-41)30-50-47(53)49-29-33-11-4-1-5-12-33/h1-27,42-43,46,52H,28-32H2,(H2,49,50,53)/t42-,43+,46+/m0/s1. The summed E-state index contributed by atoms with van der Waals surface area (Å²) in [4.78, 5) is 17.4. The smallest absolute Gasteiger partial charge is 0.315 e. The number of carbonyl (C=O) groups excluding carboxylic acids is 1. The zero-order valence-electron chi connectivity index (χ0n) is 31.3. The van der Waals surface area contributed by atoms with Crippen molar-refractivity contribution in [1.82, 2.24) is 15.6 Å².